The van der Waals surface area contributed by atoms with Gasteiger partial charge in [0.05, 0.1) is 10.6 Å². The van der Waals surface area contributed by atoms with E-state index in [9.17, 15) is 14.4 Å². The number of hydrogen-bond acceptors (Lipinski definition) is 5. The van der Waals surface area contributed by atoms with Gasteiger partial charge in [0.2, 0.25) is 0 Å². The highest BCUT2D eigenvalue weighted by Gasteiger charge is 2.10. The average molecular weight is 312 g/mol. The molecule has 0 saturated carbocycles. The molecule has 8 nitrogen and oxygen atoms in total. The van der Waals surface area contributed by atoms with E-state index in [1.807, 2.05) is 11.4 Å². The Kier molecular flexibility index (Phi) is 6.13. The maximum absolute atomic E-state index is 11.5. The molecule has 1 rings (SSSR count). The second kappa shape index (κ2) is 7.84. The maximum atomic E-state index is 11.5. The number of benzene rings is 1. The van der Waals surface area contributed by atoms with Gasteiger partial charge >= 0.3 is 12.0 Å². The lowest BCUT2D eigenvalue weighted by molar-refractivity contribution is -0.143. The molecule has 9 heteroatoms. The van der Waals surface area contributed by atoms with Gasteiger partial charge in [0, 0.05) is 5.69 Å². The number of aliphatic carboxylic acids is 1. The van der Waals surface area contributed by atoms with Crippen LogP contribution >= 0.6 is 11.6 Å². The summed E-state index contributed by atoms with van der Waals surface area (Å²) >= 11 is 5.78. The number of carboxylic acid groups (broad SMARTS) is 1. The molecule has 0 aliphatic heterocycles. The van der Waals surface area contributed by atoms with E-state index in [1.54, 1.807) is 0 Å². The van der Waals surface area contributed by atoms with Crippen molar-refractivity contribution in [3.05, 3.63) is 28.8 Å². The zero-order valence-corrected chi connectivity index (χ0v) is 11.3. The van der Waals surface area contributed by atoms with Crippen molar-refractivity contribution in [1.29, 1.82) is 5.26 Å². The summed E-state index contributed by atoms with van der Waals surface area (Å²) in [5.41, 5.74) is 0.538. The monoisotopic (exact) mass is 311 g/mol. The first-order valence-corrected chi connectivity index (χ1v) is 5.90. The highest BCUT2D eigenvalue weighted by Crippen LogP contribution is 2.19. The lowest BCUT2D eigenvalue weighted by atomic mass is 10.2. The van der Waals surface area contributed by atoms with Gasteiger partial charge in [-0.2, -0.15) is 5.26 Å². The summed E-state index contributed by atoms with van der Waals surface area (Å²) in [5.74, 6) is -2.02. The van der Waals surface area contributed by atoms with Crippen molar-refractivity contribution >= 4 is 35.2 Å². The number of carboxylic acids is 1. The third kappa shape index (κ3) is 5.90. The minimum atomic E-state index is -1.22. The second-order valence-corrected chi connectivity index (χ2v) is 4.10. The van der Waals surface area contributed by atoms with Gasteiger partial charge in [0.25, 0.3) is 5.91 Å². The molecule has 0 aromatic heterocycles. The third-order valence-corrected chi connectivity index (χ3v) is 2.37. The van der Waals surface area contributed by atoms with E-state index in [0.717, 1.165) is 0 Å². The number of nitrogens with one attached hydrogen (secondary N) is 2. The Labute approximate surface area is 124 Å². The number of imide groups is 1. The van der Waals surface area contributed by atoms with Crippen LogP contribution in [0.1, 0.15) is 5.56 Å². The van der Waals surface area contributed by atoms with E-state index in [2.05, 4.69) is 10.1 Å². The second-order valence-electron chi connectivity index (χ2n) is 3.70. The van der Waals surface area contributed by atoms with Crippen molar-refractivity contribution in [2.45, 2.75) is 0 Å². The van der Waals surface area contributed by atoms with Crippen molar-refractivity contribution in [2.24, 2.45) is 0 Å². The zero-order valence-electron chi connectivity index (χ0n) is 10.6. The Morgan fingerprint density at radius 2 is 2.05 bits per heavy atom. The topological polar surface area (TPSA) is 129 Å². The largest absolute Gasteiger partial charge is 0.480 e. The van der Waals surface area contributed by atoms with E-state index in [1.165, 1.54) is 18.2 Å². The maximum Gasteiger partial charge on any atom is 0.329 e. The molecular weight excluding hydrogens is 302 g/mol. The summed E-state index contributed by atoms with van der Waals surface area (Å²) in [7, 11) is 0. The standard InChI is InChI=1S/C12H10ClN3O5/c13-9-3-8(2-1-7(9)4-14)15-12(20)16-10(17)5-21-6-11(18)19/h1-3H,5-6H2,(H,18,19)(H2,15,16,17,20). The number of nitriles is 1. The fourth-order valence-corrected chi connectivity index (χ4v) is 1.46. The molecule has 1 aromatic carbocycles. The molecule has 3 amide bonds. The summed E-state index contributed by atoms with van der Waals surface area (Å²) in [6, 6.07) is 5.23. The van der Waals surface area contributed by atoms with Gasteiger partial charge in [-0.05, 0) is 18.2 Å². The molecule has 0 aliphatic rings. The fraction of sp³-hybridized carbons (Fsp3) is 0.167. The number of carbonyl (C=O) groups is 3. The number of carbonyl (C=O) groups excluding carboxylic acids is 2. The van der Waals surface area contributed by atoms with E-state index >= 15 is 0 Å². The Morgan fingerprint density at radius 3 is 2.62 bits per heavy atom. The van der Waals surface area contributed by atoms with Crippen LogP contribution in [-0.2, 0) is 14.3 Å². The number of hydrogen-bond donors (Lipinski definition) is 3. The number of rotatable bonds is 5. The molecule has 21 heavy (non-hydrogen) atoms. The average Bonchev–Trinajstić information content (AvgIpc) is 2.38. The van der Waals surface area contributed by atoms with Crippen LogP contribution in [0.3, 0.4) is 0 Å². The number of anilines is 1. The van der Waals surface area contributed by atoms with Crippen LogP contribution in [0, 0.1) is 11.3 Å². The van der Waals surface area contributed by atoms with Gasteiger partial charge in [-0.15, -0.1) is 0 Å². The van der Waals surface area contributed by atoms with Crippen molar-refractivity contribution in [1.82, 2.24) is 5.32 Å². The first kappa shape index (κ1) is 16.4. The Bertz CT molecular complexity index is 611. The molecule has 1 aromatic rings. The minimum Gasteiger partial charge on any atom is -0.480 e. The van der Waals surface area contributed by atoms with Gasteiger partial charge in [-0.25, -0.2) is 9.59 Å². The van der Waals surface area contributed by atoms with Crippen molar-refractivity contribution in [3.63, 3.8) is 0 Å². The van der Waals surface area contributed by atoms with Gasteiger partial charge in [0.15, 0.2) is 0 Å². The highest BCUT2D eigenvalue weighted by atomic mass is 35.5. The van der Waals surface area contributed by atoms with Gasteiger partial charge in [-0.1, -0.05) is 11.6 Å². The Morgan fingerprint density at radius 1 is 1.33 bits per heavy atom. The molecule has 0 saturated heterocycles. The van der Waals surface area contributed by atoms with Crippen molar-refractivity contribution in [3.8, 4) is 6.07 Å². The number of ether oxygens (including phenoxy) is 1. The van der Waals surface area contributed by atoms with Crippen molar-refractivity contribution in [2.75, 3.05) is 18.5 Å². The predicted molar refractivity (Wildman–Crippen MR) is 71.8 cm³/mol. The van der Waals surface area contributed by atoms with E-state index < -0.39 is 31.1 Å². The molecule has 0 atom stereocenters. The van der Waals surface area contributed by atoms with E-state index in [0.29, 0.717) is 0 Å². The molecule has 0 fully saturated rings. The molecule has 0 spiro atoms. The summed E-state index contributed by atoms with van der Waals surface area (Å²) in [6.07, 6.45) is 0. The van der Waals surface area contributed by atoms with Crippen LogP contribution in [-0.4, -0.2) is 36.2 Å². The molecule has 110 valence electrons. The predicted octanol–water partition coefficient (Wildman–Crippen LogP) is 0.961. The van der Waals surface area contributed by atoms with Gasteiger partial charge in [0.1, 0.15) is 19.3 Å². The molecule has 0 aliphatic carbocycles. The molecule has 0 unspecified atom stereocenters. The van der Waals surface area contributed by atoms with Crippen molar-refractivity contribution < 1.29 is 24.2 Å². The lowest BCUT2D eigenvalue weighted by Crippen LogP contribution is -2.37. The fourth-order valence-electron chi connectivity index (χ4n) is 1.24. The van der Waals surface area contributed by atoms with Crippen LogP contribution in [0.5, 0.6) is 0 Å². The van der Waals surface area contributed by atoms with Gasteiger partial charge in [-0.3, -0.25) is 10.1 Å². The Balaban J connectivity index is 2.47. The quantitative estimate of drug-likeness (QED) is 0.743. The minimum absolute atomic E-state index is 0.159. The van der Waals surface area contributed by atoms with Crippen LogP contribution in [0.15, 0.2) is 18.2 Å². The Hall–Kier alpha value is -2.63. The number of amides is 3. The lowest BCUT2D eigenvalue weighted by Gasteiger charge is -2.07. The van der Waals surface area contributed by atoms with E-state index in [-0.39, 0.29) is 16.3 Å². The van der Waals surface area contributed by atoms with Crippen LogP contribution in [0.25, 0.3) is 0 Å². The number of urea groups is 1. The smallest absolute Gasteiger partial charge is 0.329 e. The highest BCUT2D eigenvalue weighted by molar-refractivity contribution is 6.32. The molecule has 0 heterocycles. The molecule has 0 radical (unpaired) electrons. The summed E-state index contributed by atoms with van der Waals surface area (Å²) in [6.45, 7) is -1.20. The number of nitrogens with zero attached hydrogens (tertiary/aromatic N) is 1. The summed E-state index contributed by atoms with van der Waals surface area (Å²) in [4.78, 5) is 32.9. The summed E-state index contributed by atoms with van der Waals surface area (Å²) < 4.78 is 4.51. The number of halogens is 1. The molecule has 3 N–H and O–H groups in total. The summed E-state index contributed by atoms with van der Waals surface area (Å²) in [5, 5.41) is 21.4. The van der Waals surface area contributed by atoms with E-state index in [4.69, 9.17) is 22.0 Å². The first-order valence-electron chi connectivity index (χ1n) is 5.52. The van der Waals surface area contributed by atoms with Crippen LogP contribution < -0.4 is 10.6 Å². The van der Waals surface area contributed by atoms with Gasteiger partial charge < -0.3 is 15.2 Å². The van der Waals surface area contributed by atoms with Crippen LogP contribution in [0.4, 0.5) is 10.5 Å². The first-order chi connectivity index (χ1) is 9.92. The molecule has 0 bridgehead atoms. The van der Waals surface area contributed by atoms with Crippen LogP contribution in [0.2, 0.25) is 5.02 Å². The third-order valence-electron chi connectivity index (χ3n) is 2.06. The SMILES string of the molecule is N#Cc1ccc(NC(=O)NC(=O)COCC(=O)O)cc1Cl. The normalized spacial score (nSPS) is 9.52. The molecular formula is C12H10ClN3O5. The zero-order chi connectivity index (χ0) is 15.8.